The zero-order valence-corrected chi connectivity index (χ0v) is 9.71. The van der Waals surface area contributed by atoms with Crippen molar-refractivity contribution in [2.45, 2.75) is 6.61 Å². The van der Waals surface area contributed by atoms with Gasteiger partial charge in [-0.2, -0.15) is 5.10 Å². The Morgan fingerprint density at radius 1 is 1.33 bits per heavy atom. The minimum Gasteiger partial charge on any atom is -0.497 e. The van der Waals surface area contributed by atoms with Crippen LogP contribution in [-0.2, 0) is 6.61 Å². The highest BCUT2D eigenvalue weighted by atomic mass is 16.5. The molecule has 94 valence electrons. The molecule has 2 rings (SSSR count). The second-order valence-corrected chi connectivity index (χ2v) is 3.55. The zero-order valence-electron chi connectivity index (χ0n) is 9.71. The van der Waals surface area contributed by atoms with Gasteiger partial charge in [0.15, 0.2) is 5.69 Å². The first-order valence-corrected chi connectivity index (χ1v) is 5.23. The number of benzene rings is 1. The van der Waals surface area contributed by atoms with Crippen LogP contribution in [0.4, 0.5) is 0 Å². The van der Waals surface area contributed by atoms with Gasteiger partial charge in [-0.15, -0.1) is 0 Å². The molecule has 0 bridgehead atoms. The largest absolute Gasteiger partial charge is 0.497 e. The van der Waals surface area contributed by atoms with Crippen molar-refractivity contribution >= 4 is 5.97 Å². The van der Waals surface area contributed by atoms with Crippen LogP contribution in [0.5, 0.6) is 11.5 Å². The van der Waals surface area contributed by atoms with Crippen LogP contribution in [0.15, 0.2) is 30.3 Å². The van der Waals surface area contributed by atoms with Gasteiger partial charge in [-0.25, -0.2) is 4.79 Å². The minimum absolute atomic E-state index is 0.0247. The summed E-state index contributed by atoms with van der Waals surface area (Å²) in [5.41, 5.74) is 0.576. The molecule has 0 saturated heterocycles. The number of aromatic amines is 1. The van der Waals surface area contributed by atoms with E-state index in [4.69, 9.17) is 14.6 Å². The van der Waals surface area contributed by atoms with Crippen molar-refractivity contribution in [2.75, 3.05) is 7.11 Å². The second kappa shape index (κ2) is 5.22. The quantitative estimate of drug-likeness (QED) is 0.841. The molecule has 0 saturated carbocycles. The van der Waals surface area contributed by atoms with Crippen molar-refractivity contribution in [3.63, 3.8) is 0 Å². The first-order valence-electron chi connectivity index (χ1n) is 5.23. The van der Waals surface area contributed by atoms with Crippen molar-refractivity contribution in [1.29, 1.82) is 0 Å². The molecule has 0 aliphatic rings. The molecule has 1 aromatic carbocycles. The molecule has 6 nitrogen and oxygen atoms in total. The van der Waals surface area contributed by atoms with Gasteiger partial charge >= 0.3 is 5.97 Å². The summed E-state index contributed by atoms with van der Waals surface area (Å²) in [6, 6.07) is 8.54. The molecule has 1 heterocycles. The lowest BCUT2D eigenvalue weighted by atomic mass is 10.3. The molecule has 0 fully saturated rings. The third-order valence-electron chi connectivity index (χ3n) is 2.30. The Hall–Kier alpha value is -2.50. The maximum Gasteiger partial charge on any atom is 0.356 e. The Morgan fingerprint density at radius 2 is 2.00 bits per heavy atom. The average Bonchev–Trinajstić information content (AvgIpc) is 2.86. The fourth-order valence-corrected chi connectivity index (χ4v) is 1.38. The molecular formula is C12H12N2O4. The maximum atomic E-state index is 10.6. The first kappa shape index (κ1) is 12.0. The number of rotatable bonds is 5. The lowest BCUT2D eigenvalue weighted by Crippen LogP contribution is -1.96. The number of nitrogens with zero attached hydrogens (tertiary/aromatic N) is 1. The molecule has 0 atom stereocenters. The predicted molar refractivity (Wildman–Crippen MR) is 62.9 cm³/mol. The van der Waals surface area contributed by atoms with E-state index in [2.05, 4.69) is 10.2 Å². The number of carboxylic acids is 1. The van der Waals surface area contributed by atoms with E-state index >= 15 is 0 Å². The lowest BCUT2D eigenvalue weighted by molar-refractivity contribution is 0.0690. The van der Waals surface area contributed by atoms with Gasteiger partial charge in [-0.05, 0) is 30.3 Å². The second-order valence-electron chi connectivity index (χ2n) is 3.55. The topological polar surface area (TPSA) is 84.4 Å². The van der Waals surface area contributed by atoms with E-state index in [0.717, 1.165) is 5.75 Å². The molecule has 0 aliphatic heterocycles. The summed E-state index contributed by atoms with van der Waals surface area (Å²) in [4.78, 5) is 10.6. The number of carboxylic acid groups (broad SMARTS) is 1. The van der Waals surface area contributed by atoms with Gasteiger partial charge in [0.1, 0.15) is 18.1 Å². The van der Waals surface area contributed by atoms with Gasteiger partial charge < -0.3 is 14.6 Å². The number of ether oxygens (including phenoxy) is 2. The molecule has 2 N–H and O–H groups in total. The summed E-state index contributed by atoms with van der Waals surface area (Å²) in [6.45, 7) is 0.229. The third kappa shape index (κ3) is 2.79. The van der Waals surface area contributed by atoms with Crippen LogP contribution >= 0.6 is 0 Å². The summed E-state index contributed by atoms with van der Waals surface area (Å²) in [7, 11) is 1.59. The molecule has 6 heteroatoms. The van der Waals surface area contributed by atoms with Crippen LogP contribution in [0.2, 0.25) is 0 Å². The van der Waals surface area contributed by atoms with E-state index in [9.17, 15) is 4.79 Å². The van der Waals surface area contributed by atoms with Crippen LogP contribution in [0, 0.1) is 0 Å². The number of hydrogen-bond donors (Lipinski definition) is 2. The smallest absolute Gasteiger partial charge is 0.356 e. The Bertz CT molecular complexity index is 533. The predicted octanol–water partition coefficient (Wildman–Crippen LogP) is 1.70. The highest BCUT2D eigenvalue weighted by molar-refractivity contribution is 5.85. The average molecular weight is 248 g/mol. The minimum atomic E-state index is -1.07. The Labute approximate surface area is 103 Å². The van der Waals surface area contributed by atoms with Crippen LogP contribution in [0.3, 0.4) is 0 Å². The fourth-order valence-electron chi connectivity index (χ4n) is 1.38. The molecular weight excluding hydrogens is 236 g/mol. The lowest BCUT2D eigenvalue weighted by Gasteiger charge is -2.05. The highest BCUT2D eigenvalue weighted by Crippen LogP contribution is 2.17. The SMILES string of the molecule is COc1ccc(OCc2cc(C(=O)O)n[nH]2)cc1. The molecule has 0 aliphatic carbocycles. The molecule has 18 heavy (non-hydrogen) atoms. The van der Waals surface area contributed by atoms with E-state index in [0.29, 0.717) is 11.4 Å². The fraction of sp³-hybridized carbons (Fsp3) is 0.167. The molecule has 2 aromatic rings. The third-order valence-corrected chi connectivity index (χ3v) is 2.30. The van der Waals surface area contributed by atoms with E-state index < -0.39 is 5.97 Å². The molecule has 0 unspecified atom stereocenters. The molecule has 1 aromatic heterocycles. The summed E-state index contributed by atoms with van der Waals surface area (Å²) in [5, 5.41) is 14.9. The van der Waals surface area contributed by atoms with E-state index in [1.807, 2.05) is 0 Å². The van der Waals surface area contributed by atoms with Gasteiger partial charge in [0.2, 0.25) is 0 Å². The van der Waals surface area contributed by atoms with Crippen molar-refractivity contribution in [3.8, 4) is 11.5 Å². The molecule has 0 spiro atoms. The monoisotopic (exact) mass is 248 g/mol. The standard InChI is InChI=1S/C12H12N2O4/c1-17-9-2-4-10(5-3-9)18-7-8-6-11(12(15)16)14-13-8/h2-6H,7H2,1H3,(H,13,14)(H,15,16). The number of aromatic nitrogens is 2. The van der Waals surface area contributed by atoms with Crippen LogP contribution in [0.1, 0.15) is 16.2 Å². The number of aromatic carboxylic acids is 1. The van der Waals surface area contributed by atoms with Crippen LogP contribution in [-0.4, -0.2) is 28.4 Å². The van der Waals surface area contributed by atoms with Crippen molar-refractivity contribution in [3.05, 3.63) is 41.7 Å². The Kier molecular flexibility index (Phi) is 3.47. The number of carbonyl (C=O) groups is 1. The van der Waals surface area contributed by atoms with E-state index in [-0.39, 0.29) is 12.3 Å². The van der Waals surface area contributed by atoms with Crippen LogP contribution in [0.25, 0.3) is 0 Å². The van der Waals surface area contributed by atoms with Crippen molar-refractivity contribution < 1.29 is 19.4 Å². The summed E-state index contributed by atoms with van der Waals surface area (Å²) in [5.74, 6) is 0.348. The summed E-state index contributed by atoms with van der Waals surface area (Å²) < 4.78 is 10.5. The Morgan fingerprint density at radius 3 is 2.56 bits per heavy atom. The van der Waals surface area contributed by atoms with E-state index in [1.54, 1.807) is 31.4 Å². The molecule has 0 amide bonds. The van der Waals surface area contributed by atoms with Crippen molar-refractivity contribution in [2.24, 2.45) is 0 Å². The number of methoxy groups -OCH3 is 1. The van der Waals surface area contributed by atoms with Crippen LogP contribution < -0.4 is 9.47 Å². The molecule has 0 radical (unpaired) electrons. The highest BCUT2D eigenvalue weighted by Gasteiger charge is 2.08. The number of hydrogen-bond acceptors (Lipinski definition) is 4. The Balaban J connectivity index is 1.95. The normalized spacial score (nSPS) is 10.1. The maximum absolute atomic E-state index is 10.6. The zero-order chi connectivity index (χ0) is 13.0. The van der Waals surface area contributed by atoms with Gasteiger partial charge in [-0.1, -0.05) is 0 Å². The first-order chi connectivity index (χ1) is 8.69. The van der Waals surface area contributed by atoms with Crippen molar-refractivity contribution in [1.82, 2.24) is 10.2 Å². The number of H-pyrrole nitrogens is 1. The van der Waals surface area contributed by atoms with Gasteiger partial charge in [0.05, 0.1) is 12.8 Å². The summed E-state index contributed by atoms with van der Waals surface area (Å²) in [6.07, 6.45) is 0. The van der Waals surface area contributed by atoms with Gasteiger partial charge in [0, 0.05) is 0 Å². The van der Waals surface area contributed by atoms with Gasteiger partial charge in [-0.3, -0.25) is 5.10 Å². The summed E-state index contributed by atoms with van der Waals surface area (Å²) >= 11 is 0. The number of nitrogens with one attached hydrogen (secondary N) is 1. The van der Waals surface area contributed by atoms with E-state index in [1.165, 1.54) is 6.07 Å². The van der Waals surface area contributed by atoms with Gasteiger partial charge in [0.25, 0.3) is 0 Å².